The van der Waals surface area contributed by atoms with Gasteiger partial charge in [0, 0.05) is 4.88 Å². The normalized spacial score (nSPS) is 22.0. The molecule has 8 heteroatoms. The first-order valence-corrected chi connectivity index (χ1v) is 9.80. The van der Waals surface area contributed by atoms with Crippen LogP contribution >= 0.6 is 11.3 Å². The average molecular weight is 375 g/mol. The van der Waals surface area contributed by atoms with Crippen molar-refractivity contribution < 1.29 is 19.1 Å². The van der Waals surface area contributed by atoms with E-state index in [1.54, 1.807) is 22.2 Å². The van der Waals surface area contributed by atoms with Gasteiger partial charge in [0.25, 0.3) is 0 Å². The van der Waals surface area contributed by atoms with Gasteiger partial charge in [0.15, 0.2) is 5.69 Å². The standard InChI is InChI=1S/C18H21N3O4S/c1-24-17(22)12-10-21(20-19-12)13-6-2-3-7-14(13)25-18(23)16-9-11-5-4-8-15(11)26-16/h9-10,13-14H,2-8H2,1H3/t13-,14+/m1/s1. The first-order chi connectivity index (χ1) is 12.7. The number of carbonyl (C=O) groups is 2. The van der Waals surface area contributed by atoms with E-state index in [1.165, 1.54) is 24.0 Å². The summed E-state index contributed by atoms with van der Waals surface area (Å²) in [7, 11) is 1.31. The van der Waals surface area contributed by atoms with Crippen LogP contribution in [0.3, 0.4) is 0 Å². The molecular formula is C18H21N3O4S. The second kappa shape index (κ2) is 7.19. The van der Waals surface area contributed by atoms with Crippen molar-refractivity contribution in [1.29, 1.82) is 0 Å². The van der Waals surface area contributed by atoms with Crippen molar-refractivity contribution in [1.82, 2.24) is 15.0 Å². The first-order valence-electron chi connectivity index (χ1n) is 8.98. The summed E-state index contributed by atoms with van der Waals surface area (Å²) in [6.45, 7) is 0. The number of hydrogen-bond donors (Lipinski definition) is 0. The third-order valence-electron chi connectivity index (χ3n) is 5.12. The van der Waals surface area contributed by atoms with Gasteiger partial charge in [0.1, 0.15) is 11.0 Å². The van der Waals surface area contributed by atoms with E-state index in [-0.39, 0.29) is 23.8 Å². The first kappa shape index (κ1) is 17.2. The Hall–Kier alpha value is -2.22. The maximum atomic E-state index is 12.6. The zero-order valence-electron chi connectivity index (χ0n) is 14.6. The zero-order chi connectivity index (χ0) is 18.1. The van der Waals surface area contributed by atoms with E-state index in [1.807, 2.05) is 6.07 Å². The molecule has 0 unspecified atom stereocenters. The molecule has 0 amide bonds. The number of fused-ring (bicyclic) bond motifs is 1. The summed E-state index contributed by atoms with van der Waals surface area (Å²) in [5, 5.41) is 7.92. The highest BCUT2D eigenvalue weighted by molar-refractivity contribution is 7.14. The van der Waals surface area contributed by atoms with Crippen LogP contribution in [0, 0.1) is 0 Å². The molecule has 26 heavy (non-hydrogen) atoms. The Morgan fingerprint density at radius 1 is 1.19 bits per heavy atom. The largest absolute Gasteiger partial charge is 0.464 e. The lowest BCUT2D eigenvalue weighted by Gasteiger charge is -2.30. The van der Waals surface area contributed by atoms with Crippen LogP contribution in [0.5, 0.6) is 0 Å². The van der Waals surface area contributed by atoms with Crippen molar-refractivity contribution in [2.75, 3.05) is 7.11 Å². The molecule has 2 aliphatic carbocycles. The highest BCUT2D eigenvalue weighted by atomic mass is 32.1. The van der Waals surface area contributed by atoms with Crippen molar-refractivity contribution >= 4 is 23.3 Å². The summed E-state index contributed by atoms with van der Waals surface area (Å²) in [6.07, 6.45) is 8.26. The lowest BCUT2D eigenvalue weighted by atomic mass is 9.92. The molecule has 2 atom stereocenters. The maximum Gasteiger partial charge on any atom is 0.360 e. The predicted octanol–water partition coefficient (Wildman–Crippen LogP) is 2.96. The number of nitrogens with zero attached hydrogens (tertiary/aromatic N) is 3. The summed E-state index contributed by atoms with van der Waals surface area (Å²) in [4.78, 5) is 26.2. The van der Waals surface area contributed by atoms with Gasteiger partial charge in [-0.3, -0.25) is 0 Å². The monoisotopic (exact) mass is 375 g/mol. The van der Waals surface area contributed by atoms with Crippen LogP contribution in [-0.4, -0.2) is 40.1 Å². The van der Waals surface area contributed by atoms with Crippen LogP contribution in [0.15, 0.2) is 12.3 Å². The van der Waals surface area contributed by atoms with Crippen LogP contribution in [-0.2, 0) is 22.3 Å². The molecule has 0 saturated heterocycles. The van der Waals surface area contributed by atoms with Gasteiger partial charge in [-0.05, 0) is 50.2 Å². The SMILES string of the molecule is COC(=O)c1cn([C@@H]2CCCC[C@@H]2OC(=O)c2cc3c(s2)CCC3)nn1. The summed E-state index contributed by atoms with van der Waals surface area (Å²) < 4.78 is 12.2. The van der Waals surface area contributed by atoms with Crippen molar-refractivity contribution in [3.63, 3.8) is 0 Å². The summed E-state index contributed by atoms with van der Waals surface area (Å²) in [5.74, 6) is -0.775. The molecule has 2 aromatic rings. The van der Waals surface area contributed by atoms with Crippen LogP contribution < -0.4 is 0 Å². The fraction of sp³-hybridized carbons (Fsp3) is 0.556. The third-order valence-corrected chi connectivity index (χ3v) is 6.34. The van der Waals surface area contributed by atoms with Crippen LogP contribution in [0.4, 0.5) is 0 Å². The van der Waals surface area contributed by atoms with Gasteiger partial charge < -0.3 is 9.47 Å². The highest BCUT2D eigenvalue weighted by Crippen LogP contribution is 2.34. The smallest absolute Gasteiger partial charge is 0.360 e. The number of ether oxygens (including phenoxy) is 2. The van der Waals surface area contributed by atoms with E-state index >= 15 is 0 Å². The van der Waals surface area contributed by atoms with E-state index in [2.05, 4.69) is 15.0 Å². The van der Waals surface area contributed by atoms with Crippen LogP contribution in [0.2, 0.25) is 0 Å². The summed E-state index contributed by atoms with van der Waals surface area (Å²) in [6, 6.07) is 1.88. The molecule has 2 heterocycles. The number of methoxy groups -OCH3 is 1. The Morgan fingerprint density at radius 3 is 2.85 bits per heavy atom. The molecule has 0 aliphatic heterocycles. The van der Waals surface area contributed by atoms with Gasteiger partial charge in [0.2, 0.25) is 0 Å². The molecule has 0 N–H and O–H groups in total. The van der Waals surface area contributed by atoms with E-state index in [4.69, 9.17) is 4.74 Å². The van der Waals surface area contributed by atoms with Crippen LogP contribution in [0.1, 0.15) is 68.7 Å². The highest BCUT2D eigenvalue weighted by Gasteiger charge is 2.32. The van der Waals surface area contributed by atoms with Crippen molar-refractivity contribution in [2.24, 2.45) is 0 Å². The molecule has 4 rings (SSSR count). The Morgan fingerprint density at radius 2 is 2.04 bits per heavy atom. The Labute approximate surface area is 155 Å². The molecular weight excluding hydrogens is 354 g/mol. The Kier molecular flexibility index (Phi) is 4.76. The van der Waals surface area contributed by atoms with Crippen LogP contribution in [0.25, 0.3) is 0 Å². The van der Waals surface area contributed by atoms with E-state index in [9.17, 15) is 9.59 Å². The zero-order valence-corrected chi connectivity index (χ0v) is 15.5. The van der Waals surface area contributed by atoms with Crippen molar-refractivity contribution in [3.05, 3.63) is 33.3 Å². The second-order valence-corrected chi connectivity index (χ2v) is 7.92. The number of hydrogen-bond acceptors (Lipinski definition) is 7. The van der Waals surface area contributed by atoms with E-state index < -0.39 is 5.97 Å². The number of esters is 2. The van der Waals surface area contributed by atoms with Gasteiger partial charge in [-0.1, -0.05) is 11.6 Å². The molecule has 7 nitrogen and oxygen atoms in total. The topological polar surface area (TPSA) is 83.3 Å². The molecule has 1 saturated carbocycles. The van der Waals surface area contributed by atoms with E-state index in [0.29, 0.717) is 4.88 Å². The maximum absolute atomic E-state index is 12.6. The number of carbonyl (C=O) groups excluding carboxylic acids is 2. The quantitative estimate of drug-likeness (QED) is 0.764. The molecule has 2 aliphatic rings. The van der Waals surface area contributed by atoms with E-state index in [0.717, 1.165) is 38.5 Å². The third kappa shape index (κ3) is 3.25. The van der Waals surface area contributed by atoms with Gasteiger partial charge in [0.05, 0.1) is 19.3 Å². The van der Waals surface area contributed by atoms with Gasteiger partial charge in [-0.2, -0.15) is 0 Å². The minimum Gasteiger partial charge on any atom is -0.464 e. The molecule has 0 spiro atoms. The molecule has 2 aromatic heterocycles. The fourth-order valence-electron chi connectivity index (χ4n) is 3.78. The number of aromatic nitrogens is 3. The molecule has 0 aromatic carbocycles. The molecule has 1 fully saturated rings. The molecule has 0 radical (unpaired) electrons. The van der Waals surface area contributed by atoms with Crippen molar-refractivity contribution in [2.45, 2.75) is 57.1 Å². The van der Waals surface area contributed by atoms with Crippen molar-refractivity contribution in [3.8, 4) is 0 Å². The Balaban J connectivity index is 1.49. The summed E-state index contributed by atoms with van der Waals surface area (Å²) in [5.41, 5.74) is 1.46. The lowest BCUT2D eigenvalue weighted by Crippen LogP contribution is -2.32. The molecule has 138 valence electrons. The molecule has 0 bridgehead atoms. The average Bonchev–Trinajstić information content (AvgIpc) is 3.37. The number of aryl methyl sites for hydroxylation is 2. The number of rotatable bonds is 4. The fourth-order valence-corrected chi connectivity index (χ4v) is 4.92. The number of thiophene rings is 1. The summed E-state index contributed by atoms with van der Waals surface area (Å²) >= 11 is 1.56. The lowest BCUT2D eigenvalue weighted by molar-refractivity contribution is 0.00223. The second-order valence-electron chi connectivity index (χ2n) is 6.78. The Bertz CT molecular complexity index is 807. The van der Waals surface area contributed by atoms with Gasteiger partial charge >= 0.3 is 11.9 Å². The minimum atomic E-state index is -0.520. The minimum absolute atomic E-state index is 0.106. The van der Waals surface area contributed by atoms with Gasteiger partial charge in [-0.25, -0.2) is 14.3 Å². The predicted molar refractivity (Wildman–Crippen MR) is 94.4 cm³/mol. The van der Waals surface area contributed by atoms with Gasteiger partial charge in [-0.15, -0.1) is 16.4 Å².